The highest BCUT2D eigenvalue weighted by Crippen LogP contribution is 2.26. The fourth-order valence-corrected chi connectivity index (χ4v) is 5.68. The molecule has 0 unspecified atom stereocenters. The number of piperidine rings is 1. The van der Waals surface area contributed by atoms with Gasteiger partial charge in [0.15, 0.2) is 0 Å². The van der Waals surface area contributed by atoms with E-state index < -0.39 is 0 Å². The number of fused-ring (bicyclic) bond motifs is 1. The second kappa shape index (κ2) is 14.1. The van der Waals surface area contributed by atoms with Crippen LogP contribution < -0.4 is 20.4 Å². The van der Waals surface area contributed by atoms with Gasteiger partial charge in [-0.15, -0.1) is 0 Å². The zero-order valence-electron chi connectivity index (χ0n) is 23.4. The van der Waals surface area contributed by atoms with Crippen molar-refractivity contribution >= 4 is 23.2 Å². The molecule has 0 saturated carbocycles. The van der Waals surface area contributed by atoms with Crippen LogP contribution in [-0.4, -0.2) is 43.0 Å². The monoisotopic (exact) mass is 539 g/mol. The van der Waals surface area contributed by atoms with Crippen molar-refractivity contribution in [1.82, 2.24) is 15.6 Å². The van der Waals surface area contributed by atoms with Crippen LogP contribution in [0.2, 0.25) is 0 Å². The number of hydrogen-bond donors (Lipinski definition) is 2. The molecule has 3 aromatic rings. The van der Waals surface area contributed by atoms with E-state index in [1.165, 1.54) is 37.8 Å². The molecule has 3 heterocycles. The first kappa shape index (κ1) is 27.8. The SMILES string of the molecule is O=C(NCc1cccc(N2CCCCC2)c1)c1ccc2c(c1)CNCCCCCCCN2C(=O)c1cccnc1. The number of amides is 2. The molecule has 40 heavy (non-hydrogen) atoms. The van der Waals surface area contributed by atoms with Gasteiger partial charge in [-0.2, -0.15) is 0 Å². The molecule has 0 aliphatic carbocycles. The van der Waals surface area contributed by atoms with E-state index in [1.807, 2.05) is 29.2 Å². The van der Waals surface area contributed by atoms with Crippen molar-refractivity contribution in [3.63, 3.8) is 0 Å². The Morgan fingerprint density at radius 3 is 2.48 bits per heavy atom. The largest absolute Gasteiger partial charge is 0.372 e. The van der Waals surface area contributed by atoms with Crippen LogP contribution in [0.3, 0.4) is 0 Å². The molecule has 1 aromatic heterocycles. The lowest BCUT2D eigenvalue weighted by Crippen LogP contribution is -2.34. The molecule has 0 atom stereocenters. The summed E-state index contributed by atoms with van der Waals surface area (Å²) in [6.45, 7) is 4.82. The van der Waals surface area contributed by atoms with Gasteiger partial charge in [0.1, 0.15) is 0 Å². The number of benzene rings is 2. The third-order valence-corrected chi connectivity index (χ3v) is 7.92. The van der Waals surface area contributed by atoms with Gasteiger partial charge in [-0.25, -0.2) is 0 Å². The minimum absolute atomic E-state index is 0.0581. The first-order valence-electron chi connectivity index (χ1n) is 14.9. The van der Waals surface area contributed by atoms with Crippen LogP contribution in [0.25, 0.3) is 0 Å². The second-order valence-corrected chi connectivity index (χ2v) is 10.9. The van der Waals surface area contributed by atoms with E-state index in [1.54, 1.807) is 18.5 Å². The van der Waals surface area contributed by atoms with Crippen LogP contribution in [0.1, 0.15) is 83.2 Å². The number of carbonyl (C=O) groups is 2. The van der Waals surface area contributed by atoms with Crippen LogP contribution in [0.15, 0.2) is 67.0 Å². The number of rotatable bonds is 5. The maximum atomic E-state index is 13.6. The maximum Gasteiger partial charge on any atom is 0.259 e. The number of aromatic nitrogens is 1. The van der Waals surface area contributed by atoms with Crippen LogP contribution in [0, 0.1) is 0 Å². The summed E-state index contributed by atoms with van der Waals surface area (Å²) in [6.07, 6.45) is 12.6. The zero-order valence-corrected chi connectivity index (χ0v) is 23.4. The molecule has 0 radical (unpaired) electrons. The maximum absolute atomic E-state index is 13.6. The molecule has 0 spiro atoms. The number of nitrogens with zero attached hydrogens (tertiary/aromatic N) is 3. The van der Waals surface area contributed by atoms with Gasteiger partial charge in [0.25, 0.3) is 11.8 Å². The number of anilines is 2. The molecule has 2 amide bonds. The molecule has 210 valence electrons. The van der Waals surface area contributed by atoms with Crippen molar-refractivity contribution in [1.29, 1.82) is 0 Å². The minimum Gasteiger partial charge on any atom is -0.372 e. The zero-order chi connectivity index (χ0) is 27.6. The predicted octanol–water partition coefficient (Wildman–Crippen LogP) is 5.70. The Labute approximate surface area is 238 Å². The number of pyridine rings is 1. The molecular formula is C33H41N5O2. The fraction of sp³-hybridized carbons (Fsp3) is 0.424. The van der Waals surface area contributed by atoms with Gasteiger partial charge in [-0.1, -0.05) is 31.4 Å². The van der Waals surface area contributed by atoms with Crippen molar-refractivity contribution in [3.8, 4) is 0 Å². The van der Waals surface area contributed by atoms with Crippen LogP contribution >= 0.6 is 0 Å². The molecule has 2 N–H and O–H groups in total. The molecule has 2 aliphatic heterocycles. The highest BCUT2D eigenvalue weighted by atomic mass is 16.2. The Balaban J connectivity index is 1.34. The smallest absolute Gasteiger partial charge is 0.259 e. The summed E-state index contributed by atoms with van der Waals surface area (Å²) in [5.41, 5.74) is 5.31. The second-order valence-electron chi connectivity index (χ2n) is 10.9. The van der Waals surface area contributed by atoms with Crippen molar-refractivity contribution in [2.75, 3.05) is 36.0 Å². The van der Waals surface area contributed by atoms with Crippen molar-refractivity contribution < 1.29 is 9.59 Å². The topological polar surface area (TPSA) is 77.6 Å². The minimum atomic E-state index is -0.109. The summed E-state index contributed by atoms with van der Waals surface area (Å²) in [4.78, 5) is 35.3. The Morgan fingerprint density at radius 2 is 1.62 bits per heavy atom. The van der Waals surface area contributed by atoms with Crippen molar-refractivity contribution in [2.45, 2.75) is 64.5 Å². The van der Waals surface area contributed by atoms with E-state index in [2.05, 4.69) is 44.8 Å². The van der Waals surface area contributed by atoms with Crippen LogP contribution in [-0.2, 0) is 13.1 Å². The normalized spacial score (nSPS) is 16.8. The summed E-state index contributed by atoms with van der Waals surface area (Å²) >= 11 is 0. The molecule has 7 nitrogen and oxygen atoms in total. The van der Waals surface area contributed by atoms with Gasteiger partial charge in [0.2, 0.25) is 0 Å². The molecule has 2 aromatic carbocycles. The van der Waals surface area contributed by atoms with Gasteiger partial charge in [0, 0.05) is 62.1 Å². The lowest BCUT2D eigenvalue weighted by Gasteiger charge is -2.29. The third kappa shape index (κ3) is 7.27. The van der Waals surface area contributed by atoms with Gasteiger partial charge >= 0.3 is 0 Å². The lowest BCUT2D eigenvalue weighted by atomic mass is 10.0. The van der Waals surface area contributed by atoms with Gasteiger partial charge in [-0.3, -0.25) is 14.6 Å². The summed E-state index contributed by atoms with van der Waals surface area (Å²) in [6, 6.07) is 17.8. The molecule has 5 rings (SSSR count). The number of hydrogen-bond acceptors (Lipinski definition) is 5. The van der Waals surface area contributed by atoms with E-state index in [-0.39, 0.29) is 11.8 Å². The van der Waals surface area contributed by atoms with Gasteiger partial charge in [0.05, 0.1) is 5.56 Å². The van der Waals surface area contributed by atoms with E-state index in [9.17, 15) is 9.59 Å². The molecule has 1 saturated heterocycles. The van der Waals surface area contributed by atoms with E-state index in [0.29, 0.717) is 30.8 Å². The molecule has 1 fully saturated rings. The molecule has 2 aliphatic rings. The third-order valence-electron chi connectivity index (χ3n) is 7.92. The summed E-state index contributed by atoms with van der Waals surface area (Å²) < 4.78 is 0. The fourth-order valence-electron chi connectivity index (χ4n) is 5.68. The lowest BCUT2D eigenvalue weighted by molar-refractivity contribution is 0.0949. The summed E-state index contributed by atoms with van der Waals surface area (Å²) in [5, 5.41) is 6.65. The van der Waals surface area contributed by atoms with Crippen LogP contribution in [0.4, 0.5) is 11.4 Å². The highest BCUT2D eigenvalue weighted by Gasteiger charge is 2.22. The van der Waals surface area contributed by atoms with E-state index in [4.69, 9.17) is 0 Å². The predicted molar refractivity (Wildman–Crippen MR) is 161 cm³/mol. The molecular weight excluding hydrogens is 498 g/mol. The highest BCUT2D eigenvalue weighted by molar-refractivity contribution is 6.06. The molecule has 0 bridgehead atoms. The van der Waals surface area contributed by atoms with Crippen molar-refractivity contribution in [2.24, 2.45) is 0 Å². The van der Waals surface area contributed by atoms with E-state index >= 15 is 0 Å². The average Bonchev–Trinajstić information content (AvgIpc) is 3.01. The number of carbonyl (C=O) groups excluding carboxylic acids is 2. The molecule has 7 heteroatoms. The Bertz CT molecular complexity index is 1270. The van der Waals surface area contributed by atoms with E-state index in [0.717, 1.165) is 55.7 Å². The quantitative estimate of drug-likeness (QED) is 0.435. The first-order valence-corrected chi connectivity index (χ1v) is 14.9. The van der Waals surface area contributed by atoms with Gasteiger partial charge in [-0.05, 0) is 92.2 Å². The average molecular weight is 540 g/mol. The summed E-state index contributed by atoms with van der Waals surface area (Å²) in [7, 11) is 0. The first-order chi connectivity index (χ1) is 19.7. The Morgan fingerprint density at radius 1 is 0.825 bits per heavy atom. The van der Waals surface area contributed by atoms with Gasteiger partial charge < -0.3 is 20.4 Å². The van der Waals surface area contributed by atoms with Crippen molar-refractivity contribution in [3.05, 3.63) is 89.2 Å². The Kier molecular flexibility index (Phi) is 9.80. The number of nitrogens with one attached hydrogen (secondary N) is 2. The standard InChI is InChI=1S/C33H41N5O2/c39-32(36-23-26-11-9-13-30(21-26)37-18-6-4-7-19-37)27-14-15-31-29(22-27)25-34-16-5-2-1-3-8-20-38(31)33(40)28-12-10-17-35-24-28/h9-15,17,21-22,24,34H,1-8,16,18-20,23,25H2,(H,36,39). The summed E-state index contributed by atoms with van der Waals surface area (Å²) in [5.74, 6) is -0.167. The Hall–Kier alpha value is -3.71. The van der Waals surface area contributed by atoms with Crippen LogP contribution in [0.5, 0.6) is 0 Å².